The number of anilines is 1. The molecule has 7 heteroatoms. The number of nitrogens with zero attached hydrogens (tertiary/aromatic N) is 3. The van der Waals surface area contributed by atoms with Crippen LogP contribution in [0, 0.1) is 5.92 Å². The Kier molecular flexibility index (Phi) is 3.91. The van der Waals surface area contributed by atoms with Crippen LogP contribution in [0.15, 0.2) is 12.3 Å². The molecule has 2 heterocycles. The SMILES string of the molecule is Cn1ccc(NCC2CCCN(S(C)(=O)=O)C2)n1. The summed E-state index contributed by atoms with van der Waals surface area (Å²) in [6.45, 7) is 2.03. The van der Waals surface area contributed by atoms with E-state index in [1.54, 1.807) is 8.99 Å². The van der Waals surface area contributed by atoms with Crippen LogP contribution in [0.25, 0.3) is 0 Å². The molecule has 0 bridgehead atoms. The zero-order valence-electron chi connectivity index (χ0n) is 10.8. The first-order valence-corrected chi connectivity index (χ1v) is 7.98. The molecule has 1 saturated heterocycles. The lowest BCUT2D eigenvalue weighted by Crippen LogP contribution is -2.41. The van der Waals surface area contributed by atoms with E-state index in [2.05, 4.69) is 10.4 Å². The van der Waals surface area contributed by atoms with Crippen molar-refractivity contribution in [3.63, 3.8) is 0 Å². The van der Waals surface area contributed by atoms with Gasteiger partial charge in [0.1, 0.15) is 5.82 Å². The minimum absolute atomic E-state index is 0.357. The lowest BCUT2D eigenvalue weighted by atomic mass is 10.00. The van der Waals surface area contributed by atoms with Crippen molar-refractivity contribution in [3.05, 3.63) is 12.3 Å². The van der Waals surface area contributed by atoms with Gasteiger partial charge in [-0.15, -0.1) is 0 Å². The Hall–Kier alpha value is -1.08. The van der Waals surface area contributed by atoms with Crippen molar-refractivity contribution in [2.24, 2.45) is 13.0 Å². The second kappa shape index (κ2) is 5.27. The number of hydrogen-bond donors (Lipinski definition) is 1. The van der Waals surface area contributed by atoms with Crippen LogP contribution in [0.5, 0.6) is 0 Å². The van der Waals surface area contributed by atoms with Crippen molar-refractivity contribution in [3.8, 4) is 0 Å². The molecule has 0 aliphatic carbocycles. The standard InChI is InChI=1S/C11H20N4O2S/c1-14-7-5-11(13-14)12-8-10-4-3-6-15(9-10)18(2,16)17/h5,7,10H,3-4,6,8-9H2,1-2H3,(H,12,13). The molecule has 1 aliphatic heterocycles. The molecule has 0 saturated carbocycles. The van der Waals surface area contributed by atoms with Crippen LogP contribution in [0.3, 0.4) is 0 Å². The van der Waals surface area contributed by atoms with E-state index in [1.807, 2.05) is 19.3 Å². The van der Waals surface area contributed by atoms with Gasteiger partial charge in [-0.3, -0.25) is 4.68 Å². The maximum absolute atomic E-state index is 11.5. The molecule has 6 nitrogen and oxygen atoms in total. The highest BCUT2D eigenvalue weighted by atomic mass is 32.2. The Morgan fingerprint density at radius 1 is 1.56 bits per heavy atom. The van der Waals surface area contributed by atoms with E-state index in [1.165, 1.54) is 6.26 Å². The number of rotatable bonds is 4. The summed E-state index contributed by atoms with van der Waals surface area (Å²) in [6.07, 6.45) is 5.15. The summed E-state index contributed by atoms with van der Waals surface area (Å²) in [4.78, 5) is 0. The maximum atomic E-state index is 11.5. The van der Waals surface area contributed by atoms with E-state index in [0.717, 1.165) is 25.2 Å². The monoisotopic (exact) mass is 272 g/mol. The van der Waals surface area contributed by atoms with Gasteiger partial charge in [0.05, 0.1) is 6.26 Å². The molecular weight excluding hydrogens is 252 g/mol. The van der Waals surface area contributed by atoms with Crippen molar-refractivity contribution in [2.45, 2.75) is 12.8 Å². The van der Waals surface area contributed by atoms with Gasteiger partial charge < -0.3 is 5.32 Å². The molecular formula is C11H20N4O2S. The minimum Gasteiger partial charge on any atom is -0.368 e. The molecule has 1 fully saturated rings. The summed E-state index contributed by atoms with van der Waals surface area (Å²) in [5.74, 6) is 1.20. The number of hydrogen-bond acceptors (Lipinski definition) is 4. The van der Waals surface area contributed by atoms with Gasteiger partial charge in [0.2, 0.25) is 10.0 Å². The molecule has 1 aromatic rings. The number of sulfonamides is 1. The fraction of sp³-hybridized carbons (Fsp3) is 0.727. The highest BCUT2D eigenvalue weighted by Crippen LogP contribution is 2.19. The highest BCUT2D eigenvalue weighted by molar-refractivity contribution is 7.88. The van der Waals surface area contributed by atoms with Crippen LogP contribution in [0.2, 0.25) is 0 Å². The Balaban J connectivity index is 1.86. The molecule has 102 valence electrons. The Morgan fingerprint density at radius 2 is 2.33 bits per heavy atom. The molecule has 1 N–H and O–H groups in total. The predicted octanol–water partition coefficient (Wildman–Crippen LogP) is 0.504. The van der Waals surface area contributed by atoms with Crippen molar-refractivity contribution >= 4 is 15.8 Å². The Bertz CT molecular complexity index is 497. The van der Waals surface area contributed by atoms with Gasteiger partial charge in [0.25, 0.3) is 0 Å². The molecule has 0 aromatic carbocycles. The van der Waals surface area contributed by atoms with Crippen molar-refractivity contribution in [1.82, 2.24) is 14.1 Å². The maximum Gasteiger partial charge on any atom is 0.211 e. The first-order valence-electron chi connectivity index (χ1n) is 6.14. The first-order chi connectivity index (χ1) is 8.45. The van der Waals surface area contributed by atoms with Crippen LogP contribution in [0.1, 0.15) is 12.8 Å². The van der Waals surface area contributed by atoms with E-state index in [-0.39, 0.29) is 0 Å². The molecule has 1 unspecified atom stereocenters. The van der Waals surface area contributed by atoms with Crippen LogP contribution in [0.4, 0.5) is 5.82 Å². The van der Waals surface area contributed by atoms with Gasteiger partial charge in [0.15, 0.2) is 0 Å². The summed E-state index contributed by atoms with van der Waals surface area (Å²) in [7, 11) is -1.18. The zero-order chi connectivity index (χ0) is 13.2. The molecule has 1 aliphatic rings. The van der Waals surface area contributed by atoms with Crippen molar-refractivity contribution in [1.29, 1.82) is 0 Å². The second-order valence-corrected chi connectivity index (χ2v) is 6.87. The normalized spacial score (nSPS) is 22.0. The first kappa shape index (κ1) is 13.4. The molecule has 2 rings (SSSR count). The molecule has 1 atom stereocenters. The second-order valence-electron chi connectivity index (χ2n) is 4.88. The Morgan fingerprint density at radius 3 is 2.94 bits per heavy atom. The van der Waals surface area contributed by atoms with E-state index < -0.39 is 10.0 Å². The van der Waals surface area contributed by atoms with E-state index in [0.29, 0.717) is 19.0 Å². The summed E-state index contributed by atoms with van der Waals surface area (Å²) in [5, 5.41) is 7.49. The van der Waals surface area contributed by atoms with Crippen LogP contribution >= 0.6 is 0 Å². The molecule has 0 spiro atoms. The third kappa shape index (κ3) is 3.46. The summed E-state index contributed by atoms with van der Waals surface area (Å²) in [6, 6.07) is 1.91. The van der Waals surface area contributed by atoms with Gasteiger partial charge in [-0.2, -0.15) is 5.10 Å². The fourth-order valence-corrected chi connectivity index (χ4v) is 3.20. The molecule has 0 amide bonds. The third-order valence-corrected chi connectivity index (χ3v) is 4.51. The predicted molar refractivity (Wildman–Crippen MR) is 70.8 cm³/mol. The average Bonchev–Trinajstić information content (AvgIpc) is 2.72. The summed E-state index contributed by atoms with van der Waals surface area (Å²) in [5.41, 5.74) is 0. The topological polar surface area (TPSA) is 67.2 Å². The zero-order valence-corrected chi connectivity index (χ0v) is 11.7. The fourth-order valence-electron chi connectivity index (χ4n) is 2.25. The van der Waals surface area contributed by atoms with Gasteiger partial charge in [-0.25, -0.2) is 12.7 Å². The van der Waals surface area contributed by atoms with Crippen molar-refractivity contribution in [2.75, 3.05) is 31.2 Å². The smallest absolute Gasteiger partial charge is 0.211 e. The van der Waals surface area contributed by atoms with Gasteiger partial charge in [-0.1, -0.05) is 0 Å². The lowest BCUT2D eigenvalue weighted by Gasteiger charge is -2.30. The largest absolute Gasteiger partial charge is 0.368 e. The quantitative estimate of drug-likeness (QED) is 0.867. The lowest BCUT2D eigenvalue weighted by molar-refractivity contribution is 0.276. The molecule has 18 heavy (non-hydrogen) atoms. The number of aromatic nitrogens is 2. The van der Waals surface area contributed by atoms with E-state index >= 15 is 0 Å². The van der Waals surface area contributed by atoms with Gasteiger partial charge in [-0.05, 0) is 18.8 Å². The van der Waals surface area contributed by atoms with Crippen LogP contribution in [-0.4, -0.2) is 48.4 Å². The number of nitrogens with one attached hydrogen (secondary N) is 1. The van der Waals surface area contributed by atoms with Gasteiger partial charge in [0, 0.05) is 38.9 Å². The van der Waals surface area contributed by atoms with Crippen molar-refractivity contribution < 1.29 is 8.42 Å². The summed E-state index contributed by atoms with van der Waals surface area (Å²) >= 11 is 0. The number of piperidine rings is 1. The number of aryl methyl sites for hydroxylation is 1. The van der Waals surface area contributed by atoms with Crippen LogP contribution < -0.4 is 5.32 Å². The Labute approximate surface area is 108 Å². The average molecular weight is 272 g/mol. The minimum atomic E-state index is -3.05. The van der Waals surface area contributed by atoms with E-state index in [9.17, 15) is 8.42 Å². The molecule has 0 radical (unpaired) electrons. The van der Waals surface area contributed by atoms with Crippen LogP contribution in [-0.2, 0) is 17.1 Å². The summed E-state index contributed by atoms with van der Waals surface area (Å²) < 4.78 is 26.3. The molecule has 1 aromatic heterocycles. The highest BCUT2D eigenvalue weighted by Gasteiger charge is 2.25. The third-order valence-electron chi connectivity index (χ3n) is 3.24. The van der Waals surface area contributed by atoms with Gasteiger partial charge >= 0.3 is 0 Å². The van der Waals surface area contributed by atoms with E-state index in [4.69, 9.17) is 0 Å².